The fraction of sp³-hybridized carbons (Fsp3) is 0.400. The van der Waals surface area contributed by atoms with Gasteiger partial charge < -0.3 is 14.5 Å². The Labute approximate surface area is 137 Å². The lowest BCUT2D eigenvalue weighted by Gasteiger charge is -2.34. The maximum atomic E-state index is 12.9. The molecule has 23 heavy (non-hydrogen) atoms. The first-order chi connectivity index (χ1) is 11.2. The lowest BCUT2D eigenvalue weighted by Crippen LogP contribution is -2.50. The molecule has 0 spiro atoms. The lowest BCUT2D eigenvalue weighted by molar-refractivity contribution is -0.131. The summed E-state index contributed by atoms with van der Waals surface area (Å²) in [7, 11) is 1.60. The number of benzene rings is 1. The van der Waals surface area contributed by atoms with E-state index in [1.54, 1.807) is 24.1 Å². The minimum absolute atomic E-state index is 0.0315. The molecular formula is C15H17FN4O2S. The van der Waals surface area contributed by atoms with Crippen molar-refractivity contribution in [1.82, 2.24) is 14.3 Å². The molecule has 6 nitrogen and oxygen atoms in total. The van der Waals surface area contributed by atoms with Crippen LogP contribution in [0.1, 0.15) is 11.4 Å². The summed E-state index contributed by atoms with van der Waals surface area (Å²) < 4.78 is 22.1. The predicted octanol–water partition coefficient (Wildman–Crippen LogP) is 1.67. The van der Waals surface area contributed by atoms with Crippen LogP contribution in [0.2, 0.25) is 0 Å². The highest BCUT2D eigenvalue weighted by Gasteiger charge is 2.26. The average Bonchev–Trinajstić information content (AvgIpc) is 3.00. The van der Waals surface area contributed by atoms with Gasteiger partial charge in [-0.05, 0) is 17.7 Å². The monoisotopic (exact) mass is 336 g/mol. The summed E-state index contributed by atoms with van der Waals surface area (Å²) in [5, 5.41) is 0.742. The summed E-state index contributed by atoms with van der Waals surface area (Å²) in [5.74, 6) is 0.394. The highest BCUT2D eigenvalue weighted by Crippen LogP contribution is 2.20. The van der Waals surface area contributed by atoms with Crippen LogP contribution in [-0.2, 0) is 22.7 Å². The van der Waals surface area contributed by atoms with Gasteiger partial charge >= 0.3 is 0 Å². The van der Waals surface area contributed by atoms with Gasteiger partial charge in [-0.15, -0.1) is 0 Å². The Balaban J connectivity index is 1.60. The van der Waals surface area contributed by atoms with Gasteiger partial charge in [-0.3, -0.25) is 4.79 Å². The second kappa shape index (κ2) is 7.01. The molecule has 1 saturated heterocycles. The number of methoxy groups -OCH3 is 1. The number of piperazine rings is 1. The summed E-state index contributed by atoms with van der Waals surface area (Å²) in [6.45, 7) is 2.46. The average molecular weight is 336 g/mol. The van der Waals surface area contributed by atoms with E-state index in [1.165, 1.54) is 23.7 Å². The van der Waals surface area contributed by atoms with Crippen molar-refractivity contribution in [1.29, 1.82) is 0 Å². The third kappa shape index (κ3) is 3.83. The van der Waals surface area contributed by atoms with E-state index in [0.717, 1.165) is 10.7 Å². The van der Waals surface area contributed by atoms with Crippen LogP contribution in [0.4, 0.5) is 9.52 Å². The number of aromatic nitrogens is 2. The third-order valence-electron chi connectivity index (χ3n) is 3.61. The third-order valence-corrected chi connectivity index (χ3v) is 4.42. The number of ether oxygens (including phenoxy) is 1. The maximum Gasteiger partial charge on any atom is 0.242 e. The van der Waals surface area contributed by atoms with Crippen molar-refractivity contribution in [3.8, 4) is 0 Å². The molecule has 0 N–H and O–H groups in total. The zero-order chi connectivity index (χ0) is 16.2. The van der Waals surface area contributed by atoms with Crippen LogP contribution >= 0.6 is 11.5 Å². The molecule has 1 aliphatic heterocycles. The van der Waals surface area contributed by atoms with Crippen molar-refractivity contribution in [2.75, 3.05) is 31.6 Å². The van der Waals surface area contributed by atoms with Crippen molar-refractivity contribution in [2.24, 2.45) is 0 Å². The molecule has 0 radical (unpaired) electrons. The highest BCUT2D eigenvalue weighted by molar-refractivity contribution is 7.09. The molecular weight excluding hydrogens is 319 g/mol. The number of hydrogen-bond donors (Lipinski definition) is 0. The molecule has 0 bridgehead atoms. The summed E-state index contributed by atoms with van der Waals surface area (Å²) in [6, 6.07) is 6.23. The molecule has 0 saturated carbocycles. The van der Waals surface area contributed by atoms with Crippen LogP contribution < -0.4 is 4.90 Å². The number of anilines is 1. The molecule has 1 aromatic carbocycles. The Hall–Kier alpha value is -2.06. The van der Waals surface area contributed by atoms with E-state index in [1.807, 2.05) is 4.90 Å². The molecule has 0 aliphatic carbocycles. The Morgan fingerprint density at radius 1 is 1.30 bits per heavy atom. The van der Waals surface area contributed by atoms with Crippen LogP contribution in [0.3, 0.4) is 0 Å². The van der Waals surface area contributed by atoms with Crippen LogP contribution in [0, 0.1) is 5.82 Å². The zero-order valence-electron chi connectivity index (χ0n) is 12.7. The number of carbonyl (C=O) groups is 1. The maximum absolute atomic E-state index is 12.9. The number of amides is 1. The fourth-order valence-corrected chi connectivity index (χ4v) is 3.11. The summed E-state index contributed by atoms with van der Waals surface area (Å²) >= 11 is 1.28. The molecule has 1 fully saturated rings. The molecule has 0 atom stereocenters. The van der Waals surface area contributed by atoms with Gasteiger partial charge in [0.25, 0.3) is 0 Å². The predicted molar refractivity (Wildman–Crippen MR) is 84.7 cm³/mol. The largest absolute Gasteiger partial charge is 0.377 e. The summed E-state index contributed by atoms with van der Waals surface area (Å²) in [6.07, 6.45) is 0. The highest BCUT2D eigenvalue weighted by atomic mass is 32.1. The summed E-state index contributed by atoms with van der Waals surface area (Å²) in [4.78, 5) is 20.4. The number of nitrogens with zero attached hydrogens (tertiary/aromatic N) is 4. The van der Waals surface area contributed by atoms with E-state index in [-0.39, 0.29) is 18.3 Å². The van der Waals surface area contributed by atoms with Gasteiger partial charge in [0.2, 0.25) is 11.0 Å². The van der Waals surface area contributed by atoms with E-state index in [4.69, 9.17) is 4.74 Å². The van der Waals surface area contributed by atoms with Gasteiger partial charge in [0.05, 0.1) is 6.54 Å². The van der Waals surface area contributed by atoms with Crippen LogP contribution in [0.5, 0.6) is 0 Å². The van der Waals surface area contributed by atoms with Gasteiger partial charge in [0.1, 0.15) is 12.4 Å². The zero-order valence-corrected chi connectivity index (χ0v) is 13.6. The number of halogens is 1. The fourth-order valence-electron chi connectivity index (χ4n) is 2.41. The second-order valence-electron chi connectivity index (χ2n) is 5.29. The van der Waals surface area contributed by atoms with Crippen LogP contribution in [0.15, 0.2) is 24.3 Å². The summed E-state index contributed by atoms with van der Waals surface area (Å²) in [5.41, 5.74) is 0.923. The van der Waals surface area contributed by atoms with Crippen molar-refractivity contribution < 1.29 is 13.9 Å². The molecule has 1 aliphatic rings. The minimum atomic E-state index is -0.270. The molecule has 0 unspecified atom stereocenters. The molecule has 1 amide bonds. The normalized spacial score (nSPS) is 15.3. The Morgan fingerprint density at radius 2 is 2.09 bits per heavy atom. The SMILES string of the molecule is COCc1nsc(N2CCN(Cc3ccc(F)cc3)C(=O)C2)n1. The Kier molecular flexibility index (Phi) is 4.82. The Bertz CT molecular complexity index is 676. The van der Waals surface area contributed by atoms with E-state index in [9.17, 15) is 9.18 Å². The van der Waals surface area contributed by atoms with Crippen molar-refractivity contribution in [2.45, 2.75) is 13.2 Å². The molecule has 2 aromatic rings. The van der Waals surface area contributed by atoms with E-state index in [2.05, 4.69) is 9.36 Å². The topological polar surface area (TPSA) is 58.6 Å². The molecule has 1 aromatic heterocycles. The first kappa shape index (κ1) is 15.8. The molecule has 3 rings (SSSR count). The van der Waals surface area contributed by atoms with Crippen LogP contribution in [0.25, 0.3) is 0 Å². The molecule has 8 heteroatoms. The lowest BCUT2D eigenvalue weighted by atomic mass is 10.2. The standard InChI is InChI=1S/C15H17FN4O2S/c1-22-10-13-17-15(23-18-13)20-7-6-19(14(21)9-20)8-11-2-4-12(16)5-3-11/h2-5H,6-10H2,1H3. The number of rotatable bonds is 5. The minimum Gasteiger partial charge on any atom is -0.377 e. The van der Waals surface area contributed by atoms with E-state index >= 15 is 0 Å². The number of hydrogen-bond acceptors (Lipinski definition) is 6. The first-order valence-electron chi connectivity index (χ1n) is 7.24. The van der Waals surface area contributed by atoms with E-state index in [0.29, 0.717) is 32.1 Å². The van der Waals surface area contributed by atoms with Gasteiger partial charge in [0.15, 0.2) is 5.82 Å². The van der Waals surface area contributed by atoms with Crippen molar-refractivity contribution >= 4 is 22.6 Å². The second-order valence-corrected chi connectivity index (χ2v) is 6.02. The molecule has 2 heterocycles. The molecule has 122 valence electrons. The number of carbonyl (C=O) groups excluding carboxylic acids is 1. The quantitative estimate of drug-likeness (QED) is 0.831. The smallest absolute Gasteiger partial charge is 0.242 e. The first-order valence-corrected chi connectivity index (χ1v) is 8.02. The van der Waals surface area contributed by atoms with Gasteiger partial charge in [0, 0.05) is 38.3 Å². The van der Waals surface area contributed by atoms with Crippen molar-refractivity contribution in [3.05, 3.63) is 41.5 Å². The van der Waals surface area contributed by atoms with Crippen molar-refractivity contribution in [3.63, 3.8) is 0 Å². The van der Waals surface area contributed by atoms with E-state index < -0.39 is 0 Å². The van der Waals surface area contributed by atoms with Crippen LogP contribution in [-0.4, -0.2) is 46.9 Å². The van der Waals surface area contributed by atoms with Gasteiger partial charge in [-0.1, -0.05) is 12.1 Å². The van der Waals surface area contributed by atoms with Gasteiger partial charge in [-0.25, -0.2) is 9.37 Å². The van der Waals surface area contributed by atoms with Gasteiger partial charge in [-0.2, -0.15) is 4.37 Å². The Morgan fingerprint density at radius 3 is 2.78 bits per heavy atom.